The summed E-state index contributed by atoms with van der Waals surface area (Å²) in [7, 11) is 0. The maximum Gasteiger partial charge on any atom is 0.417 e. The number of hydrogen-bond acceptors (Lipinski definition) is 6. The van der Waals surface area contributed by atoms with Crippen LogP contribution in [0.1, 0.15) is 60.9 Å². The van der Waals surface area contributed by atoms with Crippen molar-refractivity contribution < 1.29 is 41.7 Å². The van der Waals surface area contributed by atoms with Crippen molar-refractivity contribution in [1.82, 2.24) is 4.98 Å². The second-order valence-corrected chi connectivity index (χ2v) is 11.6. The molecule has 0 amide bonds. The zero-order chi connectivity index (χ0) is 30.4. The maximum absolute atomic E-state index is 15.0. The number of halogens is 4. The van der Waals surface area contributed by atoms with Crippen molar-refractivity contribution in [2.75, 3.05) is 13.2 Å². The Morgan fingerprint density at radius 2 is 1.86 bits per heavy atom. The van der Waals surface area contributed by atoms with Gasteiger partial charge in [0.15, 0.2) is 0 Å². The molecule has 0 unspecified atom stereocenters. The normalized spacial score (nSPS) is 19.2. The third-order valence-electron chi connectivity index (χ3n) is 7.88. The lowest BCUT2D eigenvalue weighted by Crippen LogP contribution is -2.21. The molecular weight excluding hydrogens is 554 g/mol. The summed E-state index contributed by atoms with van der Waals surface area (Å²) in [6, 6.07) is 8.09. The molecule has 0 bridgehead atoms. The van der Waals surface area contributed by atoms with Crippen LogP contribution < -0.4 is 9.47 Å². The van der Waals surface area contributed by atoms with Gasteiger partial charge in [-0.2, -0.15) is 13.2 Å². The van der Waals surface area contributed by atoms with Crippen molar-refractivity contribution in [2.45, 2.75) is 64.8 Å². The average Bonchev–Trinajstić information content (AvgIpc) is 3.48. The number of benzene rings is 2. The zero-order valence-electron chi connectivity index (χ0n) is 23.8. The van der Waals surface area contributed by atoms with Crippen LogP contribution in [0.15, 0.2) is 42.6 Å². The Morgan fingerprint density at radius 3 is 2.52 bits per heavy atom. The Kier molecular flexibility index (Phi) is 7.96. The second kappa shape index (κ2) is 11.2. The summed E-state index contributed by atoms with van der Waals surface area (Å²) in [6.07, 6.45) is -2.08. The molecule has 0 radical (unpaired) electrons. The van der Waals surface area contributed by atoms with Crippen molar-refractivity contribution in [1.29, 1.82) is 0 Å². The lowest BCUT2D eigenvalue weighted by molar-refractivity contribution is -0.145. The predicted octanol–water partition coefficient (Wildman–Crippen LogP) is 6.78. The van der Waals surface area contributed by atoms with Crippen molar-refractivity contribution in [3.63, 3.8) is 0 Å². The van der Waals surface area contributed by atoms with Crippen molar-refractivity contribution >= 4 is 5.97 Å². The number of aryl methyl sites for hydroxylation is 1. The van der Waals surface area contributed by atoms with Crippen LogP contribution in [0.4, 0.5) is 17.6 Å². The smallest absolute Gasteiger partial charge is 0.417 e. The Hall–Kier alpha value is -3.66. The molecule has 1 fully saturated rings. The minimum Gasteiger partial charge on any atom is -0.493 e. The van der Waals surface area contributed by atoms with Gasteiger partial charge in [-0.15, -0.1) is 0 Å². The third-order valence-corrected chi connectivity index (χ3v) is 7.88. The highest BCUT2D eigenvalue weighted by atomic mass is 19.4. The number of rotatable bonds is 10. The number of alkyl halides is 3. The molecule has 1 saturated carbocycles. The molecule has 2 aliphatic carbocycles. The van der Waals surface area contributed by atoms with E-state index in [0.717, 1.165) is 11.1 Å². The van der Waals surface area contributed by atoms with Gasteiger partial charge in [0.05, 0.1) is 30.3 Å². The van der Waals surface area contributed by atoms with E-state index in [0.29, 0.717) is 36.8 Å². The fraction of sp³-hybridized carbons (Fsp3) is 0.438. The summed E-state index contributed by atoms with van der Waals surface area (Å²) in [5.41, 5.74) is 0.538. The Morgan fingerprint density at radius 1 is 1.10 bits per heavy atom. The van der Waals surface area contributed by atoms with Gasteiger partial charge in [0.1, 0.15) is 18.2 Å². The number of aliphatic hydroxyl groups is 1. The summed E-state index contributed by atoms with van der Waals surface area (Å²) >= 11 is 0. The fourth-order valence-corrected chi connectivity index (χ4v) is 5.69. The van der Waals surface area contributed by atoms with Gasteiger partial charge < -0.3 is 19.3 Å². The molecule has 2 aromatic carbocycles. The quantitative estimate of drug-likeness (QED) is 0.208. The molecule has 224 valence electrons. The predicted molar refractivity (Wildman–Crippen MR) is 147 cm³/mol. The third kappa shape index (κ3) is 6.23. The molecule has 1 aromatic heterocycles. The minimum absolute atomic E-state index is 0.0459. The van der Waals surface area contributed by atoms with Crippen molar-refractivity contribution in [3.05, 3.63) is 76.2 Å². The van der Waals surface area contributed by atoms with Gasteiger partial charge in [0.2, 0.25) is 5.88 Å². The van der Waals surface area contributed by atoms with Crippen LogP contribution in [0.5, 0.6) is 11.6 Å². The van der Waals surface area contributed by atoms with E-state index in [1.807, 2.05) is 0 Å². The van der Waals surface area contributed by atoms with E-state index in [1.165, 1.54) is 12.1 Å². The number of hydrogen-bond donors (Lipinski definition) is 1. The lowest BCUT2D eigenvalue weighted by Gasteiger charge is -2.19. The van der Waals surface area contributed by atoms with Crippen molar-refractivity contribution in [2.24, 2.45) is 11.8 Å². The Balaban J connectivity index is 1.34. The van der Waals surface area contributed by atoms with Gasteiger partial charge in [0.25, 0.3) is 0 Å². The van der Waals surface area contributed by atoms with Gasteiger partial charge in [0, 0.05) is 30.2 Å². The molecule has 2 aliphatic rings. The van der Waals surface area contributed by atoms with Crippen LogP contribution in [0, 0.1) is 24.6 Å². The monoisotopic (exact) mass is 587 g/mol. The SMILES string of the molecule is CCOC(=O)[C@H]1[C@@H]2Cc3cc(OCc4cc(-c5ccc(OCCC(C)(C)O)cc5C)c(C(F)(F)F)cc4F)ncc3[C@@H]21. The van der Waals surface area contributed by atoms with Gasteiger partial charge in [-0.05, 0) is 92.1 Å². The first-order valence-electron chi connectivity index (χ1n) is 13.9. The minimum atomic E-state index is -4.78. The lowest BCUT2D eigenvalue weighted by atomic mass is 9.93. The first-order chi connectivity index (χ1) is 19.8. The van der Waals surface area contributed by atoms with E-state index >= 15 is 0 Å². The van der Waals surface area contributed by atoms with Crippen molar-refractivity contribution in [3.8, 4) is 22.8 Å². The molecular formula is C32H33F4NO5. The molecule has 42 heavy (non-hydrogen) atoms. The van der Waals surface area contributed by atoms with E-state index in [1.54, 1.807) is 52.1 Å². The number of nitrogens with zero attached hydrogens (tertiary/aromatic N) is 1. The van der Waals surface area contributed by atoms with Crippen LogP contribution in [-0.4, -0.2) is 34.9 Å². The summed E-state index contributed by atoms with van der Waals surface area (Å²) in [4.78, 5) is 16.4. The number of ether oxygens (including phenoxy) is 3. The molecule has 5 rings (SSSR count). The van der Waals surface area contributed by atoms with E-state index in [4.69, 9.17) is 14.2 Å². The van der Waals surface area contributed by atoms with Gasteiger partial charge in [-0.3, -0.25) is 4.79 Å². The van der Waals surface area contributed by atoms with Crippen LogP contribution in [0.2, 0.25) is 0 Å². The number of pyridine rings is 1. The van der Waals surface area contributed by atoms with Crippen LogP contribution >= 0.6 is 0 Å². The molecule has 6 nitrogen and oxygen atoms in total. The highest BCUT2D eigenvalue weighted by Gasteiger charge is 2.60. The number of carbonyl (C=O) groups is 1. The van der Waals surface area contributed by atoms with Gasteiger partial charge >= 0.3 is 12.1 Å². The molecule has 0 saturated heterocycles. The van der Waals surface area contributed by atoms with E-state index in [9.17, 15) is 27.5 Å². The largest absolute Gasteiger partial charge is 0.493 e. The van der Waals surface area contributed by atoms with Crippen LogP contribution in [-0.2, 0) is 28.7 Å². The molecule has 10 heteroatoms. The van der Waals surface area contributed by atoms with Crippen LogP contribution in [0.25, 0.3) is 11.1 Å². The first-order valence-corrected chi connectivity index (χ1v) is 13.9. The zero-order valence-corrected chi connectivity index (χ0v) is 23.8. The topological polar surface area (TPSA) is 77.9 Å². The van der Waals surface area contributed by atoms with E-state index < -0.39 is 23.2 Å². The maximum atomic E-state index is 15.0. The highest BCUT2D eigenvalue weighted by molar-refractivity contribution is 5.79. The number of aromatic nitrogens is 1. The standard InChI is InChI=1S/C32H33F4NO5/c1-5-40-30(38)29-23-11-18-13-27(37-15-24(18)28(23)29)42-16-19-12-22(25(14-26(19)33)32(34,35)36)21-7-6-20(10-17(21)2)41-9-8-31(3,4)39/h6-7,10,12-15,23,28-29,39H,5,8-9,11,16H2,1-4H3/t23-,28-,29+/m1/s1. The average molecular weight is 588 g/mol. The summed E-state index contributed by atoms with van der Waals surface area (Å²) < 4.78 is 73.4. The number of carbonyl (C=O) groups excluding carboxylic acids is 1. The number of esters is 1. The van der Waals surface area contributed by atoms with Gasteiger partial charge in [-0.25, -0.2) is 9.37 Å². The number of fused-ring (bicyclic) bond motifs is 3. The first kappa shape index (κ1) is 29.8. The molecule has 0 spiro atoms. The summed E-state index contributed by atoms with van der Waals surface area (Å²) in [5, 5.41) is 9.87. The molecule has 0 aliphatic heterocycles. The molecule has 1 N–H and O–H groups in total. The molecule has 3 aromatic rings. The summed E-state index contributed by atoms with van der Waals surface area (Å²) in [5.74, 6) is -0.446. The fourth-order valence-electron chi connectivity index (χ4n) is 5.69. The van der Waals surface area contributed by atoms with E-state index in [-0.39, 0.29) is 59.5 Å². The molecule has 1 heterocycles. The highest BCUT2D eigenvalue weighted by Crippen LogP contribution is 2.61. The summed E-state index contributed by atoms with van der Waals surface area (Å²) in [6.45, 7) is 6.99. The Bertz CT molecular complexity index is 1500. The van der Waals surface area contributed by atoms with Gasteiger partial charge in [-0.1, -0.05) is 6.07 Å². The molecule has 3 atom stereocenters. The van der Waals surface area contributed by atoms with E-state index in [2.05, 4.69) is 4.98 Å². The Labute approximate surface area is 241 Å². The van der Waals surface area contributed by atoms with Crippen LogP contribution in [0.3, 0.4) is 0 Å². The second-order valence-electron chi connectivity index (χ2n) is 11.6.